The van der Waals surface area contributed by atoms with Crippen LogP contribution in [0.5, 0.6) is 11.6 Å². The molecule has 2 aromatic heterocycles. The van der Waals surface area contributed by atoms with Gasteiger partial charge < -0.3 is 15.3 Å². The Hall–Kier alpha value is -2.93. The molecule has 0 saturated carbocycles. The van der Waals surface area contributed by atoms with Crippen molar-refractivity contribution < 1.29 is 9.57 Å². The zero-order valence-electron chi connectivity index (χ0n) is 13.0. The number of nitrogens with zero attached hydrogens (tertiary/aromatic N) is 3. The third-order valence-electron chi connectivity index (χ3n) is 3.04. The van der Waals surface area contributed by atoms with Crippen molar-refractivity contribution in [2.45, 2.75) is 13.5 Å². The second-order valence-corrected chi connectivity index (χ2v) is 6.19. The number of nitrogens with two attached hydrogens (primary N) is 1. The third kappa shape index (κ3) is 4.08. The van der Waals surface area contributed by atoms with Crippen molar-refractivity contribution >= 4 is 17.2 Å². The Morgan fingerprint density at radius 2 is 2.00 bits per heavy atom. The Labute approximate surface area is 143 Å². The van der Waals surface area contributed by atoms with E-state index in [1.54, 1.807) is 35.9 Å². The van der Waals surface area contributed by atoms with E-state index in [0.717, 1.165) is 9.88 Å². The maximum absolute atomic E-state index is 6.01. The summed E-state index contributed by atoms with van der Waals surface area (Å²) in [6.45, 7) is 2.26. The van der Waals surface area contributed by atoms with E-state index in [9.17, 15) is 0 Å². The lowest BCUT2D eigenvalue weighted by Gasteiger charge is -2.09. The quantitative estimate of drug-likeness (QED) is 0.422. The van der Waals surface area contributed by atoms with Crippen LogP contribution in [0.15, 0.2) is 60.0 Å². The highest BCUT2D eigenvalue weighted by atomic mass is 32.1. The fraction of sp³-hybridized carbons (Fsp3) is 0.118. The van der Waals surface area contributed by atoms with Gasteiger partial charge in [-0.15, -0.1) is 11.3 Å². The maximum Gasteiger partial charge on any atom is 0.230 e. The van der Waals surface area contributed by atoms with E-state index in [0.29, 0.717) is 23.8 Å². The first-order valence-electron chi connectivity index (χ1n) is 7.27. The molecule has 24 heavy (non-hydrogen) atoms. The van der Waals surface area contributed by atoms with Gasteiger partial charge in [0.1, 0.15) is 5.75 Å². The number of para-hydroxylation sites is 1. The first-order valence-corrected chi connectivity index (χ1v) is 8.09. The number of amidine groups is 1. The molecule has 2 N–H and O–H groups in total. The molecule has 0 unspecified atom stereocenters. The van der Waals surface area contributed by atoms with Gasteiger partial charge in [0.25, 0.3) is 0 Å². The molecule has 0 spiro atoms. The normalized spacial score (nSPS) is 11.3. The number of thiazole rings is 1. The number of aromatic nitrogens is 2. The van der Waals surface area contributed by atoms with Gasteiger partial charge in [-0.1, -0.05) is 23.4 Å². The number of rotatable bonds is 6. The number of aryl methyl sites for hydroxylation is 1. The summed E-state index contributed by atoms with van der Waals surface area (Å²) in [5.41, 5.74) is 6.58. The standard InChI is InChI=1S/C17H16N4O2S/c1-12-20-10-14(24-12)11-22-21-16(18)15-8-5-9-19-17(15)23-13-6-3-2-4-7-13/h2-10H,11H2,1H3,(H2,18,21). The van der Waals surface area contributed by atoms with E-state index >= 15 is 0 Å². The van der Waals surface area contributed by atoms with Crippen LogP contribution >= 0.6 is 11.3 Å². The van der Waals surface area contributed by atoms with Crippen molar-refractivity contribution in [1.82, 2.24) is 9.97 Å². The van der Waals surface area contributed by atoms with Gasteiger partial charge in [0.2, 0.25) is 5.88 Å². The van der Waals surface area contributed by atoms with E-state index in [2.05, 4.69) is 15.1 Å². The van der Waals surface area contributed by atoms with Gasteiger partial charge in [-0.2, -0.15) is 0 Å². The molecule has 3 aromatic rings. The predicted molar refractivity (Wildman–Crippen MR) is 93.1 cm³/mol. The molecule has 0 aliphatic heterocycles. The smallest absolute Gasteiger partial charge is 0.230 e. The summed E-state index contributed by atoms with van der Waals surface area (Å²) in [7, 11) is 0. The van der Waals surface area contributed by atoms with E-state index in [1.165, 1.54) is 0 Å². The molecule has 0 saturated heterocycles. The lowest BCUT2D eigenvalue weighted by atomic mass is 10.2. The van der Waals surface area contributed by atoms with Gasteiger partial charge in [0, 0.05) is 12.4 Å². The Morgan fingerprint density at radius 3 is 2.75 bits per heavy atom. The Bertz CT molecular complexity index is 833. The number of oxime groups is 1. The van der Waals surface area contributed by atoms with Crippen LogP contribution < -0.4 is 10.5 Å². The van der Waals surface area contributed by atoms with Crippen LogP contribution in [-0.2, 0) is 11.4 Å². The lowest BCUT2D eigenvalue weighted by Crippen LogP contribution is -2.15. The van der Waals surface area contributed by atoms with Crippen molar-refractivity contribution in [2.75, 3.05) is 0 Å². The van der Waals surface area contributed by atoms with Gasteiger partial charge in [-0.05, 0) is 31.2 Å². The Balaban J connectivity index is 1.72. The highest BCUT2D eigenvalue weighted by Gasteiger charge is 2.10. The van der Waals surface area contributed by atoms with Crippen molar-refractivity contribution in [3.05, 3.63) is 70.3 Å². The first-order chi connectivity index (χ1) is 11.7. The maximum atomic E-state index is 6.01. The fourth-order valence-electron chi connectivity index (χ4n) is 1.95. The monoisotopic (exact) mass is 340 g/mol. The minimum Gasteiger partial charge on any atom is -0.438 e. The van der Waals surface area contributed by atoms with Crippen LogP contribution in [0.4, 0.5) is 0 Å². The van der Waals surface area contributed by atoms with Gasteiger partial charge in [-0.25, -0.2) is 9.97 Å². The van der Waals surface area contributed by atoms with Crippen molar-refractivity contribution in [3.8, 4) is 11.6 Å². The Kier molecular flexibility index (Phi) is 5.02. The van der Waals surface area contributed by atoms with Gasteiger partial charge in [0.15, 0.2) is 12.4 Å². The molecule has 7 heteroatoms. The van der Waals surface area contributed by atoms with E-state index < -0.39 is 0 Å². The van der Waals surface area contributed by atoms with Crippen molar-refractivity contribution in [3.63, 3.8) is 0 Å². The predicted octanol–water partition coefficient (Wildman–Crippen LogP) is 3.48. The molecule has 6 nitrogen and oxygen atoms in total. The molecular formula is C17H16N4O2S. The molecule has 0 aliphatic carbocycles. The molecule has 0 amide bonds. The van der Waals surface area contributed by atoms with Crippen LogP contribution in [0.3, 0.4) is 0 Å². The summed E-state index contributed by atoms with van der Waals surface area (Å²) in [4.78, 5) is 14.7. The largest absolute Gasteiger partial charge is 0.438 e. The van der Waals surface area contributed by atoms with Crippen molar-refractivity contribution in [1.29, 1.82) is 0 Å². The van der Waals surface area contributed by atoms with E-state index in [4.69, 9.17) is 15.3 Å². The molecule has 0 aliphatic rings. The van der Waals surface area contributed by atoms with Crippen LogP contribution in [-0.4, -0.2) is 15.8 Å². The SMILES string of the molecule is Cc1ncc(CO/N=C(\N)c2cccnc2Oc2ccccc2)s1. The molecule has 0 atom stereocenters. The number of pyridine rings is 1. The summed E-state index contributed by atoms with van der Waals surface area (Å²) in [5.74, 6) is 1.25. The summed E-state index contributed by atoms with van der Waals surface area (Å²) >= 11 is 1.56. The summed E-state index contributed by atoms with van der Waals surface area (Å²) in [6, 6.07) is 12.9. The molecule has 122 valence electrons. The number of benzene rings is 1. The number of hydrogen-bond acceptors (Lipinski definition) is 6. The molecular weight excluding hydrogens is 324 g/mol. The second-order valence-electron chi connectivity index (χ2n) is 4.87. The van der Waals surface area contributed by atoms with Gasteiger partial charge in [0.05, 0.1) is 15.4 Å². The molecule has 0 radical (unpaired) electrons. The number of hydrogen-bond donors (Lipinski definition) is 1. The average Bonchev–Trinajstić information content (AvgIpc) is 3.01. The second kappa shape index (κ2) is 7.56. The lowest BCUT2D eigenvalue weighted by molar-refractivity contribution is 0.132. The number of ether oxygens (including phenoxy) is 1. The molecule has 1 aromatic carbocycles. The minimum atomic E-state index is 0.204. The zero-order chi connectivity index (χ0) is 16.8. The molecule has 0 bridgehead atoms. The van der Waals surface area contributed by atoms with E-state index in [-0.39, 0.29) is 5.84 Å². The third-order valence-corrected chi connectivity index (χ3v) is 3.93. The summed E-state index contributed by atoms with van der Waals surface area (Å²) in [5, 5.41) is 4.94. The molecule has 2 heterocycles. The van der Waals surface area contributed by atoms with Crippen LogP contribution in [0.1, 0.15) is 15.4 Å². The van der Waals surface area contributed by atoms with Gasteiger partial charge in [-0.3, -0.25) is 0 Å². The highest BCUT2D eigenvalue weighted by Crippen LogP contribution is 2.22. The van der Waals surface area contributed by atoms with E-state index in [1.807, 2.05) is 37.3 Å². The van der Waals surface area contributed by atoms with Crippen LogP contribution in [0.2, 0.25) is 0 Å². The highest BCUT2D eigenvalue weighted by molar-refractivity contribution is 7.11. The van der Waals surface area contributed by atoms with Gasteiger partial charge >= 0.3 is 0 Å². The summed E-state index contributed by atoms with van der Waals surface area (Å²) in [6.07, 6.45) is 3.40. The van der Waals surface area contributed by atoms with Crippen molar-refractivity contribution in [2.24, 2.45) is 10.9 Å². The summed E-state index contributed by atoms with van der Waals surface area (Å²) < 4.78 is 5.76. The first kappa shape index (κ1) is 15.9. The van der Waals surface area contributed by atoms with Crippen LogP contribution in [0, 0.1) is 6.92 Å². The zero-order valence-corrected chi connectivity index (χ0v) is 13.9. The molecule has 3 rings (SSSR count). The minimum absolute atomic E-state index is 0.204. The Morgan fingerprint density at radius 1 is 1.17 bits per heavy atom. The molecule has 0 fully saturated rings. The topological polar surface area (TPSA) is 82.6 Å². The average molecular weight is 340 g/mol. The van der Waals surface area contributed by atoms with Crippen LogP contribution in [0.25, 0.3) is 0 Å². The fourth-order valence-corrected chi connectivity index (χ4v) is 2.66.